The van der Waals surface area contributed by atoms with Crippen molar-refractivity contribution in [1.82, 2.24) is 4.98 Å². The summed E-state index contributed by atoms with van der Waals surface area (Å²) in [7, 11) is 0. The second kappa shape index (κ2) is 5.48. The maximum Gasteiger partial charge on any atom is 0.269 e. The van der Waals surface area contributed by atoms with Gasteiger partial charge in [0, 0.05) is 23.4 Å². The van der Waals surface area contributed by atoms with Crippen molar-refractivity contribution in [3.63, 3.8) is 0 Å². The van der Waals surface area contributed by atoms with Crippen LogP contribution in [0.2, 0.25) is 0 Å². The minimum atomic E-state index is -0.488. The number of amides is 1. The molecular weight excluding hydrogens is 258 g/mol. The first-order valence-electron chi connectivity index (χ1n) is 5.96. The predicted octanol–water partition coefficient (Wildman–Crippen LogP) is 2.86. The molecule has 2 rings (SSSR count). The number of anilines is 1. The zero-order valence-corrected chi connectivity index (χ0v) is 11.1. The number of rotatable bonds is 3. The van der Waals surface area contributed by atoms with Gasteiger partial charge in [0.25, 0.3) is 11.6 Å². The van der Waals surface area contributed by atoms with Crippen molar-refractivity contribution in [1.29, 1.82) is 0 Å². The lowest BCUT2D eigenvalue weighted by Crippen LogP contribution is -2.13. The van der Waals surface area contributed by atoms with Crippen LogP contribution in [0.25, 0.3) is 0 Å². The van der Waals surface area contributed by atoms with Crippen molar-refractivity contribution < 1.29 is 9.72 Å². The minimum absolute atomic E-state index is 0.0314. The third-order valence-electron chi connectivity index (χ3n) is 2.83. The number of hydrogen-bond donors (Lipinski definition) is 1. The van der Waals surface area contributed by atoms with E-state index in [-0.39, 0.29) is 11.6 Å². The van der Waals surface area contributed by atoms with Gasteiger partial charge in [0.1, 0.15) is 0 Å². The van der Waals surface area contributed by atoms with Crippen LogP contribution in [-0.4, -0.2) is 15.8 Å². The lowest BCUT2D eigenvalue weighted by Gasteiger charge is -2.07. The van der Waals surface area contributed by atoms with Crippen LogP contribution in [0.15, 0.2) is 36.5 Å². The van der Waals surface area contributed by atoms with Crippen LogP contribution in [0.3, 0.4) is 0 Å². The molecule has 1 amide bonds. The van der Waals surface area contributed by atoms with Gasteiger partial charge in [0.15, 0.2) is 0 Å². The van der Waals surface area contributed by atoms with E-state index < -0.39 is 4.92 Å². The normalized spacial score (nSPS) is 10.1. The number of nitro benzene ring substituents is 1. The third kappa shape index (κ3) is 2.97. The van der Waals surface area contributed by atoms with Gasteiger partial charge in [0.05, 0.1) is 16.8 Å². The Bertz CT molecular complexity index is 666. The van der Waals surface area contributed by atoms with Gasteiger partial charge in [-0.25, -0.2) is 0 Å². The topological polar surface area (TPSA) is 85.1 Å². The average molecular weight is 271 g/mol. The number of non-ortho nitro benzene ring substituents is 1. The second-order valence-electron chi connectivity index (χ2n) is 4.40. The summed E-state index contributed by atoms with van der Waals surface area (Å²) < 4.78 is 0. The molecule has 6 heteroatoms. The highest BCUT2D eigenvalue weighted by molar-refractivity contribution is 6.05. The molecule has 0 aliphatic heterocycles. The average Bonchev–Trinajstić information content (AvgIpc) is 2.41. The minimum Gasteiger partial charge on any atom is -0.321 e. The summed E-state index contributed by atoms with van der Waals surface area (Å²) >= 11 is 0. The second-order valence-corrected chi connectivity index (χ2v) is 4.40. The molecule has 1 aromatic carbocycles. The molecule has 0 bridgehead atoms. The number of aromatic nitrogens is 1. The number of nitro groups is 1. The first kappa shape index (κ1) is 13.7. The molecule has 0 saturated carbocycles. The number of benzene rings is 1. The summed E-state index contributed by atoms with van der Waals surface area (Å²) in [5.41, 5.74) is 2.36. The van der Waals surface area contributed by atoms with Crippen LogP contribution in [0.5, 0.6) is 0 Å². The fraction of sp³-hybridized carbons (Fsp3) is 0.143. The van der Waals surface area contributed by atoms with Gasteiger partial charge in [-0.15, -0.1) is 0 Å². The maximum absolute atomic E-state index is 12.1. The fourth-order valence-electron chi connectivity index (χ4n) is 1.76. The van der Waals surface area contributed by atoms with E-state index in [9.17, 15) is 14.9 Å². The van der Waals surface area contributed by atoms with Gasteiger partial charge in [-0.2, -0.15) is 0 Å². The largest absolute Gasteiger partial charge is 0.321 e. The third-order valence-corrected chi connectivity index (χ3v) is 2.83. The van der Waals surface area contributed by atoms with E-state index in [1.807, 2.05) is 6.92 Å². The number of carbonyl (C=O) groups is 1. The van der Waals surface area contributed by atoms with E-state index in [1.54, 1.807) is 25.3 Å². The zero-order chi connectivity index (χ0) is 14.7. The standard InChI is InChI=1S/C14H13N3O3/c1-9-7-12(17(19)20)5-6-13(9)14(18)16-11-4-3-10(2)15-8-11/h3-8H,1-2H3,(H,16,18). The summed E-state index contributed by atoms with van der Waals surface area (Å²) in [4.78, 5) is 26.3. The zero-order valence-electron chi connectivity index (χ0n) is 11.1. The Morgan fingerprint density at radius 3 is 2.55 bits per heavy atom. The molecule has 0 unspecified atom stereocenters. The molecule has 0 atom stereocenters. The van der Waals surface area contributed by atoms with Crippen LogP contribution in [0.1, 0.15) is 21.6 Å². The van der Waals surface area contributed by atoms with Crippen LogP contribution in [0, 0.1) is 24.0 Å². The van der Waals surface area contributed by atoms with Crippen molar-refractivity contribution in [2.45, 2.75) is 13.8 Å². The number of pyridine rings is 1. The van der Waals surface area contributed by atoms with Crippen LogP contribution in [0.4, 0.5) is 11.4 Å². The van der Waals surface area contributed by atoms with Gasteiger partial charge < -0.3 is 5.32 Å². The van der Waals surface area contributed by atoms with E-state index in [2.05, 4.69) is 10.3 Å². The summed E-state index contributed by atoms with van der Waals surface area (Å²) in [5.74, 6) is -0.317. The molecule has 1 N–H and O–H groups in total. The van der Waals surface area contributed by atoms with Gasteiger partial charge in [-0.1, -0.05) is 0 Å². The Morgan fingerprint density at radius 2 is 2.00 bits per heavy atom. The summed E-state index contributed by atoms with van der Waals surface area (Å²) in [5, 5.41) is 13.4. The van der Waals surface area contributed by atoms with Gasteiger partial charge in [0.2, 0.25) is 0 Å². The monoisotopic (exact) mass is 271 g/mol. The number of hydrogen-bond acceptors (Lipinski definition) is 4. The molecule has 6 nitrogen and oxygen atoms in total. The number of carbonyl (C=O) groups excluding carboxylic acids is 1. The van der Waals surface area contributed by atoms with Gasteiger partial charge >= 0.3 is 0 Å². The molecule has 0 aliphatic carbocycles. The van der Waals surface area contributed by atoms with E-state index in [4.69, 9.17) is 0 Å². The highest BCUT2D eigenvalue weighted by Crippen LogP contribution is 2.18. The Morgan fingerprint density at radius 1 is 1.25 bits per heavy atom. The highest BCUT2D eigenvalue weighted by atomic mass is 16.6. The van der Waals surface area contributed by atoms with Crippen LogP contribution < -0.4 is 5.32 Å². The molecule has 2 aromatic rings. The van der Waals surface area contributed by atoms with E-state index in [0.717, 1.165) is 5.69 Å². The molecule has 0 saturated heterocycles. The molecule has 1 heterocycles. The maximum atomic E-state index is 12.1. The molecule has 20 heavy (non-hydrogen) atoms. The first-order chi connectivity index (χ1) is 9.47. The van der Waals surface area contributed by atoms with Crippen LogP contribution in [-0.2, 0) is 0 Å². The quantitative estimate of drug-likeness (QED) is 0.687. The van der Waals surface area contributed by atoms with Crippen molar-refractivity contribution in [2.75, 3.05) is 5.32 Å². The number of aryl methyl sites for hydroxylation is 2. The SMILES string of the molecule is Cc1ccc(NC(=O)c2ccc([N+](=O)[O-])cc2C)cn1. The van der Waals surface area contributed by atoms with E-state index >= 15 is 0 Å². The Labute approximate surface area is 115 Å². The highest BCUT2D eigenvalue weighted by Gasteiger charge is 2.13. The first-order valence-corrected chi connectivity index (χ1v) is 5.96. The Kier molecular flexibility index (Phi) is 3.74. The summed E-state index contributed by atoms with van der Waals surface area (Å²) in [6.07, 6.45) is 1.56. The summed E-state index contributed by atoms with van der Waals surface area (Å²) in [6.45, 7) is 3.52. The lowest BCUT2D eigenvalue weighted by atomic mass is 10.1. The molecule has 1 aromatic heterocycles. The van der Waals surface area contributed by atoms with Crippen molar-refractivity contribution in [3.05, 3.63) is 63.5 Å². The lowest BCUT2D eigenvalue weighted by molar-refractivity contribution is -0.384. The van der Waals surface area contributed by atoms with Gasteiger partial charge in [-0.05, 0) is 37.6 Å². The summed E-state index contributed by atoms with van der Waals surface area (Å²) in [6, 6.07) is 7.68. The van der Waals surface area contributed by atoms with Crippen LogP contribution >= 0.6 is 0 Å². The van der Waals surface area contributed by atoms with Gasteiger partial charge in [-0.3, -0.25) is 19.9 Å². The van der Waals surface area contributed by atoms with Crippen molar-refractivity contribution in [2.24, 2.45) is 0 Å². The fourth-order valence-corrected chi connectivity index (χ4v) is 1.76. The predicted molar refractivity (Wildman–Crippen MR) is 74.8 cm³/mol. The molecule has 0 fully saturated rings. The van der Waals surface area contributed by atoms with E-state index in [1.165, 1.54) is 18.2 Å². The number of nitrogens with one attached hydrogen (secondary N) is 1. The Balaban J connectivity index is 2.21. The van der Waals surface area contributed by atoms with Crippen molar-refractivity contribution >= 4 is 17.3 Å². The number of nitrogens with zero attached hydrogens (tertiary/aromatic N) is 2. The molecule has 0 aliphatic rings. The van der Waals surface area contributed by atoms with Crippen molar-refractivity contribution in [3.8, 4) is 0 Å². The smallest absolute Gasteiger partial charge is 0.269 e. The molecule has 102 valence electrons. The molecular formula is C14H13N3O3. The Hall–Kier alpha value is -2.76. The molecule has 0 radical (unpaired) electrons. The van der Waals surface area contributed by atoms with E-state index in [0.29, 0.717) is 16.8 Å². The molecule has 0 spiro atoms.